The Balaban J connectivity index is 1.92. The second-order valence-electron chi connectivity index (χ2n) is 5.92. The third-order valence-corrected chi connectivity index (χ3v) is 4.39. The minimum Gasteiger partial charge on any atom is -0.344 e. The number of carbonyl (C=O) groups is 1. The number of carbonyl (C=O) groups excluding carboxylic acids is 1. The minimum atomic E-state index is -0.385. The quantitative estimate of drug-likeness (QED) is 0.764. The van der Waals surface area contributed by atoms with E-state index < -0.39 is 0 Å². The van der Waals surface area contributed by atoms with Crippen molar-refractivity contribution >= 4 is 23.2 Å². The van der Waals surface area contributed by atoms with Crippen molar-refractivity contribution in [2.24, 2.45) is 0 Å². The molecule has 0 spiro atoms. The zero-order valence-corrected chi connectivity index (χ0v) is 14.9. The average molecular weight is 361 g/mol. The highest BCUT2D eigenvalue weighted by Gasteiger charge is 2.22. The lowest BCUT2D eigenvalue weighted by molar-refractivity contribution is 0.0930. The van der Waals surface area contributed by atoms with Gasteiger partial charge in [-0.1, -0.05) is 30.7 Å². The van der Waals surface area contributed by atoms with Crippen LogP contribution in [0.15, 0.2) is 30.3 Å². The van der Waals surface area contributed by atoms with Crippen LogP contribution in [-0.4, -0.2) is 20.5 Å². The summed E-state index contributed by atoms with van der Waals surface area (Å²) in [5.41, 5.74) is 3.05. The monoisotopic (exact) mass is 360 g/mol. The molecular formula is C18H18ClFN4O. The largest absolute Gasteiger partial charge is 0.344 e. The Kier molecular flexibility index (Phi) is 4.72. The molecule has 0 aliphatic heterocycles. The summed E-state index contributed by atoms with van der Waals surface area (Å²) < 4.78 is 14.7. The lowest BCUT2D eigenvalue weighted by atomic mass is 10.0. The highest BCUT2D eigenvalue weighted by Crippen LogP contribution is 2.24. The molecule has 25 heavy (non-hydrogen) atoms. The Hall–Kier alpha value is -2.47. The maximum Gasteiger partial charge on any atom is 0.273 e. The number of rotatable bonds is 4. The molecule has 0 aliphatic rings. The van der Waals surface area contributed by atoms with Gasteiger partial charge in [-0.15, -0.1) is 0 Å². The molecular weight excluding hydrogens is 343 g/mol. The van der Waals surface area contributed by atoms with Crippen LogP contribution in [0.4, 0.5) is 4.39 Å². The highest BCUT2D eigenvalue weighted by atomic mass is 35.5. The lowest BCUT2D eigenvalue weighted by Crippen LogP contribution is -2.28. The van der Waals surface area contributed by atoms with Crippen LogP contribution in [0.25, 0.3) is 5.65 Å². The normalized spacial score (nSPS) is 12.4. The smallest absolute Gasteiger partial charge is 0.273 e. The Morgan fingerprint density at radius 3 is 2.64 bits per heavy atom. The molecule has 5 nitrogen and oxygen atoms in total. The second-order valence-corrected chi connectivity index (χ2v) is 6.30. The van der Waals surface area contributed by atoms with Gasteiger partial charge in [0.15, 0.2) is 11.3 Å². The number of hydrogen-bond donors (Lipinski definition) is 1. The molecule has 130 valence electrons. The van der Waals surface area contributed by atoms with E-state index >= 15 is 0 Å². The van der Waals surface area contributed by atoms with E-state index in [-0.39, 0.29) is 28.5 Å². The number of halogens is 2. The summed E-state index contributed by atoms with van der Waals surface area (Å²) in [5, 5.41) is 7.42. The summed E-state index contributed by atoms with van der Waals surface area (Å²) >= 11 is 6.33. The number of benzene rings is 1. The third-order valence-electron chi connectivity index (χ3n) is 4.04. The van der Waals surface area contributed by atoms with E-state index in [9.17, 15) is 9.18 Å². The molecule has 0 bridgehead atoms. The van der Waals surface area contributed by atoms with Crippen LogP contribution in [0.2, 0.25) is 5.02 Å². The van der Waals surface area contributed by atoms with E-state index in [1.165, 1.54) is 12.1 Å². The highest BCUT2D eigenvalue weighted by molar-refractivity contribution is 6.36. The number of nitrogens with zero attached hydrogens (tertiary/aromatic N) is 3. The first-order chi connectivity index (χ1) is 11.9. The van der Waals surface area contributed by atoms with Crippen LogP contribution in [0.3, 0.4) is 0 Å². The Morgan fingerprint density at radius 1 is 1.32 bits per heavy atom. The molecule has 0 saturated heterocycles. The van der Waals surface area contributed by atoms with Crippen molar-refractivity contribution in [2.75, 3.05) is 0 Å². The van der Waals surface area contributed by atoms with Gasteiger partial charge in [-0.25, -0.2) is 13.9 Å². The fourth-order valence-corrected chi connectivity index (χ4v) is 3.03. The number of nitrogens with one attached hydrogen (secondary N) is 1. The predicted molar refractivity (Wildman–Crippen MR) is 94.4 cm³/mol. The molecule has 0 unspecified atom stereocenters. The van der Waals surface area contributed by atoms with Crippen molar-refractivity contribution in [1.29, 1.82) is 0 Å². The first kappa shape index (κ1) is 17.4. The molecule has 0 fully saturated rings. The molecule has 0 aliphatic carbocycles. The number of amides is 1. The van der Waals surface area contributed by atoms with Crippen LogP contribution in [-0.2, 0) is 0 Å². The summed E-state index contributed by atoms with van der Waals surface area (Å²) in [4.78, 5) is 17.0. The summed E-state index contributed by atoms with van der Waals surface area (Å²) in [7, 11) is 0. The van der Waals surface area contributed by atoms with Crippen LogP contribution in [0.5, 0.6) is 0 Å². The van der Waals surface area contributed by atoms with Gasteiger partial charge in [0.1, 0.15) is 10.8 Å². The molecule has 2 heterocycles. The zero-order valence-electron chi connectivity index (χ0n) is 14.2. The first-order valence-corrected chi connectivity index (χ1v) is 8.37. The van der Waals surface area contributed by atoms with E-state index in [0.717, 1.165) is 17.0 Å². The van der Waals surface area contributed by atoms with Gasteiger partial charge in [0.2, 0.25) is 0 Å². The van der Waals surface area contributed by atoms with Crippen LogP contribution in [0.1, 0.15) is 46.8 Å². The third kappa shape index (κ3) is 3.35. The van der Waals surface area contributed by atoms with Gasteiger partial charge >= 0.3 is 0 Å². The maximum absolute atomic E-state index is 13.1. The van der Waals surface area contributed by atoms with Gasteiger partial charge in [0, 0.05) is 11.4 Å². The van der Waals surface area contributed by atoms with Crippen LogP contribution >= 0.6 is 11.6 Å². The van der Waals surface area contributed by atoms with E-state index in [0.29, 0.717) is 12.1 Å². The summed E-state index contributed by atoms with van der Waals surface area (Å²) in [6.07, 6.45) is 0.652. The summed E-state index contributed by atoms with van der Waals surface area (Å²) in [5.74, 6) is -0.700. The standard InChI is InChI=1S/C18H18ClFN4O/c1-4-14(12-5-7-13(20)8-6-12)22-18(25)16-15(19)17-21-10(2)9-11(3)24(17)23-16/h5-9,14H,4H2,1-3H3,(H,22,25)/t14-/m1/s1. The van der Waals surface area contributed by atoms with Gasteiger partial charge in [-0.05, 0) is 44.0 Å². The van der Waals surface area contributed by atoms with Gasteiger partial charge in [-0.2, -0.15) is 5.10 Å². The molecule has 3 rings (SSSR count). The fourth-order valence-electron chi connectivity index (χ4n) is 2.78. The number of hydrogen-bond acceptors (Lipinski definition) is 3. The van der Waals surface area contributed by atoms with Crippen LogP contribution in [0, 0.1) is 19.7 Å². The summed E-state index contributed by atoms with van der Waals surface area (Å²) in [6.45, 7) is 5.67. The van der Waals surface area contributed by atoms with Gasteiger partial charge < -0.3 is 5.32 Å². The Labute approximate surface area is 149 Å². The lowest BCUT2D eigenvalue weighted by Gasteiger charge is -2.16. The van der Waals surface area contributed by atoms with E-state index in [2.05, 4.69) is 15.4 Å². The number of aromatic nitrogens is 3. The van der Waals surface area contributed by atoms with Gasteiger partial charge in [0.25, 0.3) is 5.91 Å². The zero-order chi connectivity index (χ0) is 18.1. The molecule has 7 heteroatoms. The molecule has 3 aromatic rings. The molecule has 2 aromatic heterocycles. The van der Waals surface area contributed by atoms with Gasteiger partial charge in [0.05, 0.1) is 6.04 Å². The van der Waals surface area contributed by atoms with Crippen molar-refractivity contribution in [2.45, 2.75) is 33.2 Å². The van der Waals surface area contributed by atoms with Crippen molar-refractivity contribution in [1.82, 2.24) is 19.9 Å². The molecule has 1 aromatic carbocycles. The number of fused-ring (bicyclic) bond motifs is 1. The van der Waals surface area contributed by atoms with Crippen molar-refractivity contribution in [3.63, 3.8) is 0 Å². The van der Waals surface area contributed by atoms with Crippen molar-refractivity contribution in [3.8, 4) is 0 Å². The minimum absolute atomic E-state index is 0.128. The summed E-state index contributed by atoms with van der Waals surface area (Å²) in [6, 6.07) is 7.67. The fraction of sp³-hybridized carbons (Fsp3) is 0.278. The molecule has 0 saturated carbocycles. The van der Waals surface area contributed by atoms with E-state index in [1.807, 2.05) is 26.8 Å². The van der Waals surface area contributed by atoms with Crippen LogP contribution < -0.4 is 5.32 Å². The average Bonchev–Trinajstić information content (AvgIpc) is 2.91. The molecule has 1 amide bonds. The molecule has 0 radical (unpaired) electrons. The Morgan fingerprint density at radius 2 is 2.00 bits per heavy atom. The van der Waals surface area contributed by atoms with E-state index in [1.54, 1.807) is 16.6 Å². The topological polar surface area (TPSA) is 59.3 Å². The Bertz CT molecular complexity index is 936. The second kappa shape index (κ2) is 6.80. The maximum atomic E-state index is 13.1. The van der Waals surface area contributed by atoms with Crippen molar-refractivity contribution < 1.29 is 9.18 Å². The molecule has 1 N–H and O–H groups in total. The first-order valence-electron chi connectivity index (χ1n) is 7.99. The van der Waals surface area contributed by atoms with Gasteiger partial charge in [-0.3, -0.25) is 4.79 Å². The van der Waals surface area contributed by atoms with E-state index in [4.69, 9.17) is 11.6 Å². The predicted octanol–water partition coefficient (Wildman–Crippen LogP) is 4.02. The SMILES string of the molecule is CC[C@@H](NC(=O)c1nn2c(C)cc(C)nc2c1Cl)c1ccc(F)cc1. The van der Waals surface area contributed by atoms with Crippen molar-refractivity contribution in [3.05, 3.63) is 63.8 Å². The molecule has 1 atom stereocenters. The number of aryl methyl sites for hydroxylation is 2.